The molecule has 232 valence electrons. The molecule has 1 aliphatic rings. The number of pyridine rings is 1. The number of aromatic nitrogens is 1. The molecule has 2 heterocycles. The molecule has 0 saturated carbocycles. The molecule has 0 bridgehead atoms. The van der Waals surface area contributed by atoms with Gasteiger partial charge in [-0.25, -0.2) is 0 Å². The summed E-state index contributed by atoms with van der Waals surface area (Å²) < 4.78 is 84.7. The molecule has 1 aliphatic heterocycles. The van der Waals surface area contributed by atoms with Gasteiger partial charge in [0.05, 0.1) is 6.61 Å². The lowest BCUT2D eigenvalue weighted by molar-refractivity contribution is -0.376. The molecule has 7 nitrogen and oxygen atoms in total. The smallest absolute Gasteiger partial charge is 0.430 e. The minimum Gasteiger partial charge on any atom is -0.462 e. The lowest BCUT2D eigenvalue weighted by Gasteiger charge is -2.40. The molecule has 1 fully saturated rings. The Labute approximate surface area is 244 Å². The number of alkyl halides is 6. The molecule has 0 unspecified atom stereocenters. The number of aliphatic hydroxyl groups excluding tert-OH is 1. The minimum atomic E-state index is -5.96. The highest BCUT2D eigenvalue weighted by atomic mass is 19.4. The zero-order valence-corrected chi connectivity index (χ0v) is 23.2. The van der Waals surface area contributed by atoms with Gasteiger partial charge in [0.2, 0.25) is 0 Å². The zero-order chi connectivity index (χ0) is 31.4. The number of hydrogen-bond acceptors (Lipinski definition) is 7. The van der Waals surface area contributed by atoms with Crippen LogP contribution in [0.2, 0.25) is 0 Å². The molecule has 0 radical (unpaired) electrons. The van der Waals surface area contributed by atoms with Crippen LogP contribution in [0.5, 0.6) is 0 Å². The summed E-state index contributed by atoms with van der Waals surface area (Å²) in [6.45, 7) is 3.97. The lowest BCUT2D eigenvalue weighted by atomic mass is 9.90. The number of halogens is 6. The van der Waals surface area contributed by atoms with Gasteiger partial charge in [-0.2, -0.15) is 26.3 Å². The highest BCUT2D eigenvalue weighted by Crippen LogP contribution is 2.50. The maximum absolute atomic E-state index is 13.2. The number of rotatable bonds is 9. The summed E-state index contributed by atoms with van der Waals surface area (Å²) in [7, 11) is 0. The zero-order valence-electron chi connectivity index (χ0n) is 23.2. The Morgan fingerprint density at radius 1 is 0.930 bits per heavy atom. The third-order valence-corrected chi connectivity index (χ3v) is 7.45. The van der Waals surface area contributed by atoms with E-state index >= 15 is 0 Å². The summed E-state index contributed by atoms with van der Waals surface area (Å²) in [6, 6.07) is 12.0. The van der Waals surface area contributed by atoms with Crippen molar-refractivity contribution in [1.82, 2.24) is 14.8 Å². The highest BCUT2D eigenvalue weighted by Gasteiger charge is 2.71. The summed E-state index contributed by atoms with van der Waals surface area (Å²) in [6.07, 6.45) is -8.53. The van der Waals surface area contributed by atoms with Gasteiger partial charge in [0.25, 0.3) is 5.60 Å². The van der Waals surface area contributed by atoms with E-state index in [2.05, 4.69) is 9.88 Å². The fourth-order valence-electron chi connectivity index (χ4n) is 5.18. The van der Waals surface area contributed by atoms with E-state index in [-0.39, 0.29) is 13.2 Å². The highest BCUT2D eigenvalue weighted by molar-refractivity contribution is 5.76. The Bertz CT molecular complexity index is 1370. The number of nitrogens with zero attached hydrogens (tertiary/aromatic N) is 3. The molecule has 1 atom stereocenters. The van der Waals surface area contributed by atoms with Gasteiger partial charge in [-0.05, 0) is 46.9 Å². The molecule has 2 N–H and O–H groups in total. The molecule has 1 saturated heterocycles. The molecular formula is C30H31F6N3O4. The van der Waals surface area contributed by atoms with Crippen LogP contribution >= 0.6 is 0 Å². The Morgan fingerprint density at radius 2 is 1.58 bits per heavy atom. The topological polar surface area (TPSA) is 86.1 Å². The SMILES string of the molecule is Cc1cc(CN2CCN(Cc3ccncc3)C[C@H]2C(=O)OCCO)ccc1-c1ccc(C(O)(C(F)(F)F)C(F)(F)F)cc1. The lowest BCUT2D eigenvalue weighted by Crippen LogP contribution is -2.56. The first-order chi connectivity index (χ1) is 20.2. The first-order valence-electron chi connectivity index (χ1n) is 13.4. The Morgan fingerprint density at radius 3 is 2.16 bits per heavy atom. The molecule has 0 aliphatic carbocycles. The fourth-order valence-corrected chi connectivity index (χ4v) is 5.18. The molecular weight excluding hydrogens is 580 g/mol. The molecule has 1 aromatic heterocycles. The third-order valence-electron chi connectivity index (χ3n) is 7.45. The van der Waals surface area contributed by atoms with Crippen molar-refractivity contribution in [3.05, 3.63) is 89.2 Å². The van der Waals surface area contributed by atoms with Crippen molar-refractivity contribution in [2.75, 3.05) is 32.8 Å². The average Bonchev–Trinajstić information content (AvgIpc) is 2.96. The largest absolute Gasteiger partial charge is 0.462 e. The maximum Gasteiger partial charge on any atom is 0.430 e. The van der Waals surface area contributed by atoms with Gasteiger partial charge < -0.3 is 14.9 Å². The summed E-state index contributed by atoms with van der Waals surface area (Å²) in [5, 5.41) is 18.8. The number of esters is 1. The molecule has 0 amide bonds. The van der Waals surface area contributed by atoms with Crippen LogP contribution in [0.25, 0.3) is 11.1 Å². The van der Waals surface area contributed by atoms with E-state index in [1.165, 1.54) is 0 Å². The van der Waals surface area contributed by atoms with Crippen molar-refractivity contribution in [2.24, 2.45) is 0 Å². The number of ether oxygens (including phenoxy) is 1. The van der Waals surface area contributed by atoms with Crippen LogP contribution in [0.1, 0.15) is 22.3 Å². The van der Waals surface area contributed by atoms with E-state index in [0.717, 1.165) is 23.3 Å². The number of carbonyl (C=O) groups is 1. The maximum atomic E-state index is 13.2. The average molecular weight is 612 g/mol. The van der Waals surface area contributed by atoms with Crippen LogP contribution in [0.15, 0.2) is 67.0 Å². The van der Waals surface area contributed by atoms with Crippen molar-refractivity contribution in [2.45, 2.75) is 44.0 Å². The predicted octanol–water partition coefficient (Wildman–Crippen LogP) is 4.59. The van der Waals surface area contributed by atoms with E-state index in [0.29, 0.717) is 61.5 Å². The normalized spacial score (nSPS) is 17.2. The van der Waals surface area contributed by atoms with Gasteiger partial charge in [-0.15, -0.1) is 0 Å². The number of aliphatic hydroxyl groups is 2. The summed E-state index contributed by atoms with van der Waals surface area (Å²) >= 11 is 0. The Hall–Kier alpha value is -3.52. The molecule has 0 spiro atoms. The van der Waals surface area contributed by atoms with Gasteiger partial charge in [-0.3, -0.25) is 19.6 Å². The monoisotopic (exact) mass is 611 g/mol. The minimum absolute atomic E-state index is 0.122. The summed E-state index contributed by atoms with van der Waals surface area (Å²) in [4.78, 5) is 21.0. The van der Waals surface area contributed by atoms with Gasteiger partial charge in [0, 0.05) is 50.7 Å². The van der Waals surface area contributed by atoms with E-state index in [4.69, 9.17) is 9.84 Å². The number of benzene rings is 2. The fraction of sp³-hybridized carbons (Fsp3) is 0.400. The van der Waals surface area contributed by atoms with Crippen molar-refractivity contribution < 1.29 is 46.1 Å². The first-order valence-corrected chi connectivity index (χ1v) is 13.4. The number of aryl methyl sites for hydroxylation is 1. The second-order valence-corrected chi connectivity index (χ2v) is 10.4. The first kappa shape index (κ1) is 32.4. The second-order valence-electron chi connectivity index (χ2n) is 10.4. The van der Waals surface area contributed by atoms with Crippen LogP contribution in [-0.2, 0) is 28.2 Å². The second kappa shape index (κ2) is 13.0. The van der Waals surface area contributed by atoms with Crippen molar-refractivity contribution in [3.63, 3.8) is 0 Å². The molecule has 13 heteroatoms. The van der Waals surface area contributed by atoms with Gasteiger partial charge in [0.1, 0.15) is 12.6 Å². The van der Waals surface area contributed by atoms with E-state index in [1.54, 1.807) is 31.5 Å². The standard InChI is InChI=1S/C30H31F6N3O4/c1-20-16-22(2-7-25(20)23-3-5-24(6-4-23)28(42,29(31,32)33)30(34,35)36)18-39-13-12-38(17-21-8-10-37-11-9-21)19-26(39)27(41)43-15-14-40/h2-11,16,26,40,42H,12-15,17-19H2,1H3/t26-/m0/s1. The van der Waals surface area contributed by atoms with Crippen LogP contribution in [0.4, 0.5) is 26.3 Å². The van der Waals surface area contributed by atoms with E-state index in [1.807, 2.05) is 23.1 Å². The van der Waals surface area contributed by atoms with Gasteiger partial charge in [0.15, 0.2) is 0 Å². The van der Waals surface area contributed by atoms with Crippen LogP contribution in [0, 0.1) is 6.92 Å². The molecule has 43 heavy (non-hydrogen) atoms. The van der Waals surface area contributed by atoms with E-state index in [9.17, 15) is 36.2 Å². The van der Waals surface area contributed by atoms with Crippen molar-refractivity contribution >= 4 is 5.97 Å². The van der Waals surface area contributed by atoms with Crippen LogP contribution in [-0.4, -0.2) is 82.2 Å². The molecule has 2 aromatic carbocycles. The van der Waals surface area contributed by atoms with Crippen LogP contribution < -0.4 is 0 Å². The third kappa shape index (κ3) is 7.18. The van der Waals surface area contributed by atoms with Crippen molar-refractivity contribution in [1.29, 1.82) is 0 Å². The Balaban J connectivity index is 1.51. The quantitative estimate of drug-likeness (QED) is 0.271. The Kier molecular flexibility index (Phi) is 9.79. The van der Waals surface area contributed by atoms with Crippen molar-refractivity contribution in [3.8, 4) is 11.1 Å². The molecule has 4 rings (SSSR count). The number of hydrogen-bond donors (Lipinski definition) is 2. The van der Waals surface area contributed by atoms with E-state index < -0.39 is 35.5 Å². The predicted molar refractivity (Wildman–Crippen MR) is 144 cm³/mol. The number of carbonyl (C=O) groups excluding carboxylic acids is 1. The van der Waals surface area contributed by atoms with Gasteiger partial charge in [-0.1, -0.05) is 42.5 Å². The number of piperazine rings is 1. The molecule has 3 aromatic rings. The summed E-state index contributed by atoms with van der Waals surface area (Å²) in [5.74, 6) is -0.459. The van der Waals surface area contributed by atoms with Crippen LogP contribution in [0.3, 0.4) is 0 Å². The summed E-state index contributed by atoms with van der Waals surface area (Å²) in [5.41, 5.74) is -2.77. The van der Waals surface area contributed by atoms with Gasteiger partial charge >= 0.3 is 18.3 Å².